The van der Waals surface area contributed by atoms with Gasteiger partial charge in [-0.15, -0.1) is 0 Å². The summed E-state index contributed by atoms with van der Waals surface area (Å²) >= 11 is 9.53. The smallest absolute Gasteiger partial charge is 0.259 e. The largest absolute Gasteiger partial charge is 0.324 e. The maximum Gasteiger partial charge on any atom is 0.259 e. The Labute approximate surface area is 184 Å². The molecule has 0 saturated carbocycles. The number of carbonyl (C=O) groups is 2. The monoisotopic (exact) mass is 490 g/mol. The van der Waals surface area contributed by atoms with Crippen molar-refractivity contribution < 1.29 is 18.4 Å². The van der Waals surface area contributed by atoms with Crippen LogP contribution in [0.3, 0.4) is 0 Å². The molecule has 0 aromatic heterocycles. The molecule has 0 fully saturated rings. The molecule has 1 atom stereocenters. The third-order valence-corrected chi connectivity index (χ3v) is 5.64. The van der Waals surface area contributed by atoms with Crippen molar-refractivity contribution in [3.05, 3.63) is 98.5 Å². The van der Waals surface area contributed by atoms with Crippen LogP contribution in [0, 0.1) is 11.6 Å². The van der Waals surface area contributed by atoms with Crippen LogP contribution < -0.4 is 5.32 Å². The van der Waals surface area contributed by atoms with Crippen molar-refractivity contribution >= 4 is 45.0 Å². The Morgan fingerprint density at radius 1 is 1.10 bits per heavy atom. The first-order valence-electron chi connectivity index (χ1n) is 8.95. The molecule has 0 radical (unpaired) electrons. The number of carbonyl (C=O) groups excluding carboxylic acids is 2. The van der Waals surface area contributed by atoms with Crippen LogP contribution in [0.15, 0.2) is 65.1 Å². The molecule has 152 valence electrons. The molecule has 1 aliphatic rings. The predicted molar refractivity (Wildman–Crippen MR) is 113 cm³/mol. The second-order valence-corrected chi connectivity index (χ2v) is 8.09. The van der Waals surface area contributed by atoms with Crippen LogP contribution in [0.4, 0.5) is 14.5 Å². The SMILES string of the molecule is O=C1CN(C(=O)c2c(F)cccc2Cl)[C@H](c2ccc(F)cc2)c2cc(Br)ccc2N1. The van der Waals surface area contributed by atoms with Crippen molar-refractivity contribution in [3.8, 4) is 0 Å². The van der Waals surface area contributed by atoms with Crippen LogP contribution in [0.25, 0.3) is 0 Å². The Balaban J connectivity index is 1.93. The summed E-state index contributed by atoms with van der Waals surface area (Å²) in [5.41, 5.74) is 1.35. The number of benzene rings is 3. The number of nitrogens with zero attached hydrogens (tertiary/aromatic N) is 1. The van der Waals surface area contributed by atoms with Crippen molar-refractivity contribution in [2.24, 2.45) is 0 Å². The Morgan fingerprint density at radius 2 is 1.83 bits per heavy atom. The number of nitrogens with one attached hydrogen (secondary N) is 1. The highest BCUT2D eigenvalue weighted by Crippen LogP contribution is 2.38. The normalized spacial score (nSPS) is 15.9. The van der Waals surface area contributed by atoms with Crippen LogP contribution >= 0.6 is 27.5 Å². The van der Waals surface area contributed by atoms with Gasteiger partial charge in [0.05, 0.1) is 16.6 Å². The van der Waals surface area contributed by atoms with Crippen molar-refractivity contribution in [1.82, 2.24) is 4.90 Å². The van der Waals surface area contributed by atoms with Crippen LogP contribution in [0.2, 0.25) is 5.02 Å². The number of hydrogen-bond donors (Lipinski definition) is 1. The van der Waals surface area contributed by atoms with Crippen molar-refractivity contribution in [1.29, 1.82) is 0 Å². The molecule has 1 N–H and O–H groups in total. The molecule has 4 nitrogen and oxygen atoms in total. The van der Waals surface area contributed by atoms with Crippen molar-refractivity contribution in [2.75, 3.05) is 11.9 Å². The maximum atomic E-state index is 14.5. The lowest BCUT2D eigenvalue weighted by Crippen LogP contribution is -2.39. The predicted octanol–water partition coefficient (Wildman–Crippen LogP) is 5.56. The van der Waals surface area contributed by atoms with Crippen molar-refractivity contribution in [3.63, 3.8) is 0 Å². The van der Waals surface area contributed by atoms with Gasteiger partial charge in [-0.05, 0) is 48.0 Å². The highest BCUT2D eigenvalue weighted by Gasteiger charge is 2.35. The summed E-state index contributed by atoms with van der Waals surface area (Å²) < 4.78 is 28.8. The minimum Gasteiger partial charge on any atom is -0.324 e. The van der Waals surface area contributed by atoms with E-state index in [2.05, 4.69) is 21.2 Å². The highest BCUT2D eigenvalue weighted by molar-refractivity contribution is 9.10. The molecule has 1 heterocycles. The summed E-state index contributed by atoms with van der Waals surface area (Å²) in [6.45, 7) is -0.335. The van der Waals surface area contributed by atoms with E-state index in [1.807, 2.05) is 0 Å². The summed E-state index contributed by atoms with van der Waals surface area (Å²) in [5.74, 6) is -2.41. The molecule has 3 aromatic rings. The summed E-state index contributed by atoms with van der Waals surface area (Å²) in [6, 6.07) is 14.0. The standard InChI is InChI=1S/C22H14BrClF2N2O2/c23-13-6-9-18-15(10-13)21(12-4-7-14(25)8-5-12)28(11-19(29)27-18)22(30)20-16(24)2-1-3-17(20)26/h1-10,21H,11H2,(H,27,29)/t21-/m1/s1. The quantitative estimate of drug-likeness (QED) is 0.510. The van der Waals surface area contributed by atoms with Crippen molar-refractivity contribution in [2.45, 2.75) is 6.04 Å². The van der Waals surface area contributed by atoms with E-state index in [9.17, 15) is 18.4 Å². The summed E-state index contributed by atoms with van der Waals surface area (Å²) in [6.07, 6.45) is 0. The van der Waals surface area contributed by atoms with E-state index in [1.165, 1.54) is 41.3 Å². The molecular formula is C22H14BrClF2N2O2. The fraction of sp³-hybridized carbons (Fsp3) is 0.0909. The maximum absolute atomic E-state index is 14.5. The zero-order valence-electron chi connectivity index (χ0n) is 15.3. The Bertz CT molecular complexity index is 1130. The van der Waals surface area contributed by atoms with Gasteiger partial charge in [0.2, 0.25) is 5.91 Å². The van der Waals surface area contributed by atoms with Gasteiger partial charge in [0.25, 0.3) is 5.91 Å². The molecule has 0 unspecified atom stereocenters. The average molecular weight is 492 g/mol. The number of halogens is 4. The van der Waals surface area contributed by atoms with Gasteiger partial charge in [-0.2, -0.15) is 0 Å². The molecule has 0 bridgehead atoms. The molecule has 0 spiro atoms. The van der Waals surface area contributed by atoms with E-state index in [4.69, 9.17) is 11.6 Å². The lowest BCUT2D eigenvalue weighted by Gasteiger charge is -2.31. The van der Waals surface area contributed by atoms with E-state index < -0.39 is 29.5 Å². The van der Waals surface area contributed by atoms with Crippen LogP contribution in [-0.4, -0.2) is 23.3 Å². The zero-order chi connectivity index (χ0) is 21.4. The molecule has 2 amide bonds. The van der Waals surface area contributed by atoms with E-state index in [0.29, 0.717) is 16.8 Å². The minimum atomic E-state index is -0.788. The van der Waals surface area contributed by atoms with Gasteiger partial charge in [-0.1, -0.05) is 45.7 Å². The molecule has 4 rings (SSSR count). The molecule has 3 aromatic carbocycles. The Kier molecular flexibility index (Phi) is 5.58. The molecule has 8 heteroatoms. The van der Waals surface area contributed by atoms with Gasteiger partial charge < -0.3 is 10.2 Å². The van der Waals surface area contributed by atoms with E-state index in [1.54, 1.807) is 18.2 Å². The topological polar surface area (TPSA) is 49.4 Å². The summed E-state index contributed by atoms with van der Waals surface area (Å²) in [7, 11) is 0. The first-order chi connectivity index (χ1) is 14.3. The fourth-order valence-corrected chi connectivity index (χ4v) is 4.14. The van der Waals surface area contributed by atoms with Gasteiger partial charge in [0.1, 0.15) is 18.2 Å². The van der Waals surface area contributed by atoms with E-state index >= 15 is 0 Å². The number of fused-ring (bicyclic) bond motifs is 1. The van der Waals surface area contributed by atoms with Crippen LogP contribution in [0.5, 0.6) is 0 Å². The number of anilines is 1. The number of rotatable bonds is 2. The first kappa shape index (κ1) is 20.5. The molecular weight excluding hydrogens is 478 g/mol. The van der Waals surface area contributed by atoms with Crippen LogP contribution in [0.1, 0.15) is 27.5 Å². The second kappa shape index (κ2) is 8.16. The van der Waals surface area contributed by atoms with Gasteiger partial charge in [-0.25, -0.2) is 8.78 Å². The minimum absolute atomic E-state index is 0.0584. The highest BCUT2D eigenvalue weighted by atomic mass is 79.9. The zero-order valence-corrected chi connectivity index (χ0v) is 17.7. The fourth-order valence-electron chi connectivity index (χ4n) is 3.52. The van der Waals surface area contributed by atoms with Gasteiger partial charge in [0, 0.05) is 15.7 Å². The van der Waals surface area contributed by atoms with E-state index in [-0.39, 0.29) is 17.1 Å². The first-order valence-corrected chi connectivity index (χ1v) is 10.1. The molecule has 0 saturated heterocycles. The molecule has 0 aliphatic carbocycles. The van der Waals surface area contributed by atoms with E-state index in [0.717, 1.165) is 10.5 Å². The average Bonchev–Trinajstić information content (AvgIpc) is 2.84. The second-order valence-electron chi connectivity index (χ2n) is 6.76. The lowest BCUT2D eigenvalue weighted by molar-refractivity contribution is -0.117. The number of amides is 2. The molecule has 30 heavy (non-hydrogen) atoms. The number of hydrogen-bond acceptors (Lipinski definition) is 2. The van der Waals surface area contributed by atoms with Gasteiger partial charge in [-0.3, -0.25) is 9.59 Å². The Morgan fingerprint density at radius 3 is 2.53 bits per heavy atom. The summed E-state index contributed by atoms with van der Waals surface area (Å²) in [4.78, 5) is 27.2. The van der Waals surface area contributed by atoms with Gasteiger partial charge in [0.15, 0.2) is 0 Å². The summed E-state index contributed by atoms with van der Waals surface area (Å²) in [5, 5.41) is 2.71. The Hall–Kier alpha value is -2.77. The third kappa shape index (κ3) is 3.82. The third-order valence-electron chi connectivity index (χ3n) is 4.83. The molecule has 1 aliphatic heterocycles. The lowest BCUT2D eigenvalue weighted by atomic mass is 9.95. The van der Waals surface area contributed by atoms with Crippen LogP contribution in [-0.2, 0) is 4.79 Å². The van der Waals surface area contributed by atoms with Gasteiger partial charge >= 0.3 is 0 Å².